The first-order valence-electron chi connectivity index (χ1n) is 9.21. The van der Waals surface area contributed by atoms with E-state index in [0.717, 1.165) is 23.6 Å². The molecular formula is C22H26O3. The smallest absolute Gasteiger partial charge is 0.344 e. The van der Waals surface area contributed by atoms with E-state index >= 15 is 0 Å². The van der Waals surface area contributed by atoms with E-state index in [2.05, 4.69) is 26.8 Å². The molecule has 3 heteroatoms. The molecule has 2 fully saturated rings. The zero-order chi connectivity index (χ0) is 17.7. The lowest BCUT2D eigenvalue weighted by Crippen LogP contribution is -2.39. The molecular weight excluding hydrogens is 312 g/mol. The highest BCUT2D eigenvalue weighted by molar-refractivity contribution is 5.83. The van der Waals surface area contributed by atoms with Crippen LogP contribution in [-0.4, -0.2) is 18.7 Å². The molecule has 4 rings (SSSR count). The molecule has 0 aliphatic heterocycles. The molecule has 2 saturated carbocycles. The van der Waals surface area contributed by atoms with Gasteiger partial charge in [0.1, 0.15) is 11.9 Å². The van der Waals surface area contributed by atoms with E-state index in [1.54, 1.807) is 0 Å². The lowest BCUT2D eigenvalue weighted by atomic mass is 9.70. The number of hydrogen-bond donors (Lipinski definition) is 0. The topological polar surface area (TPSA) is 35.5 Å². The van der Waals surface area contributed by atoms with E-state index in [4.69, 9.17) is 9.47 Å². The zero-order valence-corrected chi connectivity index (χ0v) is 15.2. The van der Waals surface area contributed by atoms with Crippen molar-refractivity contribution in [2.24, 2.45) is 16.7 Å². The van der Waals surface area contributed by atoms with Crippen LogP contribution in [0.25, 0.3) is 10.8 Å². The minimum absolute atomic E-state index is 0.0222. The normalized spacial score (nSPS) is 29.7. The second-order valence-corrected chi connectivity index (χ2v) is 8.39. The van der Waals surface area contributed by atoms with Crippen LogP contribution in [-0.2, 0) is 9.53 Å². The third-order valence-corrected chi connectivity index (χ3v) is 7.07. The third kappa shape index (κ3) is 2.61. The van der Waals surface area contributed by atoms with E-state index in [-0.39, 0.29) is 29.5 Å². The number of rotatable bonds is 4. The lowest BCUT2D eigenvalue weighted by Gasteiger charge is -2.38. The van der Waals surface area contributed by atoms with Crippen molar-refractivity contribution in [2.45, 2.75) is 46.1 Å². The molecule has 0 aromatic heterocycles. The van der Waals surface area contributed by atoms with Gasteiger partial charge in [0.2, 0.25) is 0 Å². The maximum atomic E-state index is 12.3. The van der Waals surface area contributed by atoms with Gasteiger partial charge < -0.3 is 9.47 Å². The van der Waals surface area contributed by atoms with Crippen molar-refractivity contribution in [1.29, 1.82) is 0 Å². The second kappa shape index (κ2) is 5.76. The second-order valence-electron chi connectivity index (χ2n) is 8.39. The van der Waals surface area contributed by atoms with Crippen LogP contribution in [0, 0.1) is 16.7 Å². The van der Waals surface area contributed by atoms with Gasteiger partial charge in [-0.05, 0) is 53.5 Å². The number of hydrogen-bond acceptors (Lipinski definition) is 3. The van der Waals surface area contributed by atoms with Gasteiger partial charge in [-0.15, -0.1) is 0 Å². The fourth-order valence-electron chi connectivity index (χ4n) is 4.90. The van der Waals surface area contributed by atoms with Gasteiger partial charge in [-0.25, -0.2) is 4.79 Å². The average molecular weight is 338 g/mol. The highest BCUT2D eigenvalue weighted by Gasteiger charge is 2.62. The molecule has 2 aromatic carbocycles. The van der Waals surface area contributed by atoms with Crippen LogP contribution in [0.15, 0.2) is 42.5 Å². The van der Waals surface area contributed by atoms with E-state index in [1.807, 2.05) is 36.4 Å². The summed E-state index contributed by atoms with van der Waals surface area (Å²) >= 11 is 0. The molecule has 0 amide bonds. The van der Waals surface area contributed by atoms with Crippen LogP contribution in [0.5, 0.6) is 5.75 Å². The Morgan fingerprint density at radius 3 is 2.56 bits per heavy atom. The first kappa shape index (κ1) is 16.4. The molecule has 2 bridgehead atoms. The molecule has 2 aliphatic carbocycles. The van der Waals surface area contributed by atoms with Crippen molar-refractivity contribution >= 4 is 16.7 Å². The summed E-state index contributed by atoms with van der Waals surface area (Å²) in [4.78, 5) is 12.3. The molecule has 3 atom stereocenters. The molecule has 0 saturated heterocycles. The maximum Gasteiger partial charge on any atom is 0.344 e. The Morgan fingerprint density at radius 2 is 1.88 bits per heavy atom. The first-order valence-corrected chi connectivity index (χ1v) is 9.21. The molecule has 0 radical (unpaired) electrons. The average Bonchev–Trinajstić information content (AvgIpc) is 2.93. The Labute approximate surface area is 149 Å². The van der Waals surface area contributed by atoms with Crippen LogP contribution >= 0.6 is 0 Å². The zero-order valence-electron chi connectivity index (χ0n) is 15.2. The van der Waals surface area contributed by atoms with Crippen molar-refractivity contribution in [2.75, 3.05) is 6.61 Å². The molecule has 0 heterocycles. The SMILES string of the molecule is CC1(C)[C@H]2CC[C@@]1(C)[C@H](OC(=O)COc1ccc3ccccc3c1)C2. The number of esters is 1. The summed E-state index contributed by atoms with van der Waals surface area (Å²) in [5.74, 6) is 1.11. The first-order chi connectivity index (χ1) is 11.9. The quantitative estimate of drug-likeness (QED) is 0.738. The summed E-state index contributed by atoms with van der Waals surface area (Å²) in [5, 5.41) is 2.27. The van der Waals surface area contributed by atoms with Crippen molar-refractivity contribution < 1.29 is 14.3 Å². The molecule has 25 heavy (non-hydrogen) atoms. The van der Waals surface area contributed by atoms with Crippen molar-refractivity contribution in [3.8, 4) is 5.75 Å². The van der Waals surface area contributed by atoms with Gasteiger partial charge in [-0.2, -0.15) is 0 Å². The minimum Gasteiger partial charge on any atom is -0.482 e. The Kier molecular flexibility index (Phi) is 3.78. The van der Waals surface area contributed by atoms with E-state index in [9.17, 15) is 4.79 Å². The molecule has 0 unspecified atom stereocenters. The standard InChI is InChI=1S/C22H26O3/c1-21(2)17-10-11-22(21,3)19(13-17)25-20(23)14-24-18-9-8-15-6-4-5-7-16(15)12-18/h4-9,12,17,19H,10-11,13-14H2,1-3H3/t17-,19+,22-/m0/s1. The molecule has 2 aromatic rings. The predicted octanol–water partition coefficient (Wildman–Crippen LogP) is 4.98. The van der Waals surface area contributed by atoms with E-state index in [0.29, 0.717) is 11.7 Å². The summed E-state index contributed by atoms with van der Waals surface area (Å²) in [7, 11) is 0. The Balaban J connectivity index is 1.38. The van der Waals surface area contributed by atoms with Gasteiger partial charge >= 0.3 is 5.97 Å². The molecule has 0 N–H and O–H groups in total. The molecule has 0 spiro atoms. The Bertz CT molecular complexity index is 810. The highest BCUT2D eigenvalue weighted by atomic mass is 16.6. The van der Waals surface area contributed by atoms with Gasteiger partial charge in [-0.1, -0.05) is 51.1 Å². The van der Waals surface area contributed by atoms with E-state index in [1.165, 1.54) is 6.42 Å². The van der Waals surface area contributed by atoms with Crippen molar-refractivity contribution in [1.82, 2.24) is 0 Å². The predicted molar refractivity (Wildman–Crippen MR) is 98.6 cm³/mol. The van der Waals surface area contributed by atoms with Crippen LogP contribution in [0.1, 0.15) is 40.0 Å². The van der Waals surface area contributed by atoms with Gasteiger partial charge in [-0.3, -0.25) is 0 Å². The van der Waals surface area contributed by atoms with Crippen LogP contribution in [0.2, 0.25) is 0 Å². The number of carbonyl (C=O) groups excluding carboxylic acids is 1. The van der Waals surface area contributed by atoms with Crippen molar-refractivity contribution in [3.63, 3.8) is 0 Å². The summed E-state index contributed by atoms with van der Waals surface area (Å²) < 4.78 is 11.5. The Morgan fingerprint density at radius 1 is 1.12 bits per heavy atom. The van der Waals surface area contributed by atoms with Gasteiger partial charge in [0, 0.05) is 5.41 Å². The summed E-state index contributed by atoms with van der Waals surface area (Å²) in [6, 6.07) is 14.0. The Hall–Kier alpha value is -2.03. The van der Waals surface area contributed by atoms with E-state index < -0.39 is 0 Å². The number of ether oxygens (including phenoxy) is 2. The van der Waals surface area contributed by atoms with Crippen LogP contribution < -0.4 is 4.74 Å². The van der Waals surface area contributed by atoms with Crippen LogP contribution in [0.4, 0.5) is 0 Å². The van der Waals surface area contributed by atoms with Crippen molar-refractivity contribution in [3.05, 3.63) is 42.5 Å². The lowest BCUT2D eigenvalue weighted by molar-refractivity contribution is -0.159. The number of carbonyl (C=O) groups is 1. The maximum absolute atomic E-state index is 12.3. The third-order valence-electron chi connectivity index (χ3n) is 7.07. The fourth-order valence-corrected chi connectivity index (χ4v) is 4.90. The van der Waals surface area contributed by atoms with Gasteiger partial charge in [0.05, 0.1) is 0 Å². The minimum atomic E-state index is -0.261. The largest absolute Gasteiger partial charge is 0.482 e. The number of fused-ring (bicyclic) bond motifs is 3. The summed E-state index contributed by atoms with van der Waals surface area (Å²) in [6.45, 7) is 6.90. The molecule has 3 nitrogen and oxygen atoms in total. The van der Waals surface area contributed by atoms with Gasteiger partial charge in [0.25, 0.3) is 0 Å². The monoisotopic (exact) mass is 338 g/mol. The van der Waals surface area contributed by atoms with Crippen LogP contribution in [0.3, 0.4) is 0 Å². The fraction of sp³-hybridized carbons (Fsp3) is 0.500. The summed E-state index contributed by atoms with van der Waals surface area (Å²) in [5.41, 5.74) is 0.341. The molecule has 132 valence electrons. The number of benzene rings is 2. The van der Waals surface area contributed by atoms with Gasteiger partial charge in [0.15, 0.2) is 6.61 Å². The summed E-state index contributed by atoms with van der Waals surface area (Å²) in [6.07, 6.45) is 3.42. The molecule has 2 aliphatic rings. The highest BCUT2D eigenvalue weighted by Crippen LogP contribution is 2.66.